The van der Waals surface area contributed by atoms with Crippen molar-refractivity contribution in [3.05, 3.63) is 94.7 Å². The molecule has 0 bridgehead atoms. The van der Waals surface area contributed by atoms with Gasteiger partial charge >= 0.3 is 6.18 Å². The number of hydrogen-bond acceptors (Lipinski definition) is 4. The number of benzene rings is 1. The highest BCUT2D eigenvalue weighted by atomic mass is 35.5. The molecule has 3 heterocycles. The summed E-state index contributed by atoms with van der Waals surface area (Å²) in [5.74, 6) is 0. The van der Waals surface area contributed by atoms with Gasteiger partial charge in [0.2, 0.25) is 0 Å². The normalized spacial score (nSPS) is 25.7. The van der Waals surface area contributed by atoms with Gasteiger partial charge in [-0.2, -0.15) is 17.5 Å². The summed E-state index contributed by atoms with van der Waals surface area (Å²) in [6, 6.07) is 9.01. The molecule has 192 valence electrons. The first-order chi connectivity index (χ1) is 16.9. The Morgan fingerprint density at radius 3 is 2.61 bits per heavy atom. The van der Waals surface area contributed by atoms with E-state index in [9.17, 15) is 21.6 Å². The van der Waals surface area contributed by atoms with Gasteiger partial charge in [-0.15, -0.1) is 0 Å². The van der Waals surface area contributed by atoms with E-state index in [1.807, 2.05) is 37.3 Å². The van der Waals surface area contributed by atoms with E-state index in [4.69, 9.17) is 16.3 Å². The SMILES string of the molecule is C=C/C=C(Cl)\C=C(/C)C1OC2(CCN(S(=O)(=O)c3ccc(C(F)(F)F)cn3)C(C)C2)c2ccccc21. The summed E-state index contributed by atoms with van der Waals surface area (Å²) in [5, 5.41) is 0.106. The number of halogens is 4. The van der Waals surface area contributed by atoms with Crippen LogP contribution in [0.2, 0.25) is 0 Å². The summed E-state index contributed by atoms with van der Waals surface area (Å²) in [6.07, 6.45) is 1.47. The molecular formula is C26H26ClF3N2O3S. The molecule has 1 aromatic carbocycles. The molecule has 5 nitrogen and oxygen atoms in total. The maximum atomic E-state index is 13.3. The molecule has 1 aromatic heterocycles. The molecular weight excluding hydrogens is 513 g/mol. The fraction of sp³-hybridized carbons (Fsp3) is 0.346. The molecule has 0 radical (unpaired) electrons. The Balaban J connectivity index is 1.61. The van der Waals surface area contributed by atoms with Crippen molar-refractivity contribution in [1.29, 1.82) is 0 Å². The van der Waals surface area contributed by atoms with Crippen molar-refractivity contribution in [3.63, 3.8) is 0 Å². The Morgan fingerprint density at radius 2 is 2.00 bits per heavy atom. The number of fused-ring (bicyclic) bond motifs is 2. The first kappa shape index (κ1) is 26.6. The van der Waals surface area contributed by atoms with Crippen LogP contribution in [-0.2, 0) is 26.5 Å². The number of hydrogen-bond donors (Lipinski definition) is 0. The minimum atomic E-state index is -4.60. The highest BCUT2D eigenvalue weighted by Gasteiger charge is 2.51. The Morgan fingerprint density at radius 1 is 1.28 bits per heavy atom. The predicted molar refractivity (Wildman–Crippen MR) is 132 cm³/mol. The number of alkyl halides is 3. The minimum Gasteiger partial charge on any atom is -0.358 e. The highest BCUT2D eigenvalue weighted by molar-refractivity contribution is 7.89. The second-order valence-electron chi connectivity index (χ2n) is 9.06. The smallest absolute Gasteiger partial charge is 0.358 e. The van der Waals surface area contributed by atoms with Crippen LogP contribution in [0.1, 0.15) is 49.5 Å². The zero-order chi connectivity index (χ0) is 26.3. The van der Waals surface area contributed by atoms with E-state index in [0.29, 0.717) is 24.1 Å². The van der Waals surface area contributed by atoms with Gasteiger partial charge in [-0.25, -0.2) is 13.4 Å². The van der Waals surface area contributed by atoms with Gasteiger partial charge in [-0.1, -0.05) is 48.5 Å². The zero-order valence-electron chi connectivity index (χ0n) is 19.8. The second-order valence-corrected chi connectivity index (χ2v) is 11.3. The molecule has 1 fully saturated rings. The summed E-state index contributed by atoms with van der Waals surface area (Å²) < 4.78 is 73.1. The largest absolute Gasteiger partial charge is 0.417 e. The molecule has 1 saturated heterocycles. The Bertz CT molecular complexity index is 1320. The number of allylic oxidation sites excluding steroid dienone is 4. The van der Waals surface area contributed by atoms with E-state index in [1.165, 1.54) is 4.31 Å². The quantitative estimate of drug-likeness (QED) is 0.408. The molecule has 2 aliphatic rings. The minimum absolute atomic E-state index is 0.132. The van der Waals surface area contributed by atoms with Gasteiger partial charge in [0.25, 0.3) is 10.0 Å². The number of nitrogens with zero attached hydrogens (tertiary/aromatic N) is 2. The van der Waals surface area contributed by atoms with Gasteiger partial charge in [0.05, 0.1) is 11.2 Å². The standard InChI is InChI=1S/C26H26ClF3N2O3S/c1-4-7-20(27)14-17(2)24-21-8-5-6-9-22(21)25(35-24)12-13-32(18(3)15-25)36(33,34)23-11-10-19(16-31-23)26(28,29)30/h4-11,14,16,18,24H,1,12-13,15H2,2-3H3/b17-14+,20-7+. The topological polar surface area (TPSA) is 59.5 Å². The maximum Gasteiger partial charge on any atom is 0.417 e. The van der Waals surface area contributed by atoms with Crippen molar-refractivity contribution in [2.24, 2.45) is 0 Å². The molecule has 4 rings (SSSR count). The van der Waals surface area contributed by atoms with Crippen LogP contribution in [0.25, 0.3) is 0 Å². The lowest BCUT2D eigenvalue weighted by molar-refractivity contribution is -0.137. The molecule has 1 spiro atoms. The Hall–Kier alpha value is -2.46. The summed E-state index contributed by atoms with van der Waals surface area (Å²) in [4.78, 5) is 3.62. The molecule has 0 saturated carbocycles. The lowest BCUT2D eigenvalue weighted by Crippen LogP contribution is -2.50. The van der Waals surface area contributed by atoms with Crippen LogP contribution in [-0.4, -0.2) is 30.3 Å². The van der Waals surface area contributed by atoms with Crippen LogP contribution in [0, 0.1) is 0 Å². The Labute approximate surface area is 214 Å². The van der Waals surface area contributed by atoms with Crippen molar-refractivity contribution in [2.75, 3.05) is 6.54 Å². The number of piperidine rings is 1. The average Bonchev–Trinajstić information content (AvgIpc) is 3.12. The number of rotatable bonds is 5. The Kier molecular flexibility index (Phi) is 7.22. The number of aromatic nitrogens is 1. The average molecular weight is 539 g/mol. The fourth-order valence-electron chi connectivity index (χ4n) is 5.01. The maximum absolute atomic E-state index is 13.3. The zero-order valence-corrected chi connectivity index (χ0v) is 21.4. The summed E-state index contributed by atoms with van der Waals surface area (Å²) in [5.41, 5.74) is 1.20. The van der Waals surface area contributed by atoms with Crippen LogP contribution in [0.3, 0.4) is 0 Å². The first-order valence-corrected chi connectivity index (χ1v) is 13.2. The van der Waals surface area contributed by atoms with E-state index in [0.717, 1.165) is 28.8 Å². The predicted octanol–water partition coefficient (Wildman–Crippen LogP) is 6.50. The summed E-state index contributed by atoms with van der Waals surface area (Å²) in [6.45, 7) is 7.49. The number of ether oxygens (including phenoxy) is 1. The van der Waals surface area contributed by atoms with Gasteiger partial charge in [0.15, 0.2) is 5.03 Å². The number of sulfonamides is 1. The fourth-order valence-corrected chi connectivity index (χ4v) is 6.81. The summed E-state index contributed by atoms with van der Waals surface area (Å²) >= 11 is 6.26. The van der Waals surface area contributed by atoms with E-state index >= 15 is 0 Å². The lowest BCUT2D eigenvalue weighted by atomic mass is 9.81. The molecule has 3 unspecified atom stereocenters. The molecule has 3 atom stereocenters. The van der Waals surface area contributed by atoms with Crippen LogP contribution in [0.15, 0.2) is 83.0 Å². The molecule has 0 N–H and O–H groups in total. The van der Waals surface area contributed by atoms with Crippen molar-refractivity contribution in [3.8, 4) is 0 Å². The third-order valence-electron chi connectivity index (χ3n) is 6.62. The van der Waals surface area contributed by atoms with E-state index in [2.05, 4.69) is 11.6 Å². The van der Waals surface area contributed by atoms with Gasteiger partial charge in [0, 0.05) is 23.8 Å². The molecule has 10 heteroatoms. The number of pyridine rings is 1. The van der Waals surface area contributed by atoms with Crippen molar-refractivity contribution >= 4 is 21.6 Å². The molecule has 2 aromatic rings. The van der Waals surface area contributed by atoms with Gasteiger partial charge in [0.1, 0.15) is 6.10 Å². The van der Waals surface area contributed by atoms with E-state index in [-0.39, 0.29) is 12.6 Å². The molecule has 36 heavy (non-hydrogen) atoms. The van der Waals surface area contributed by atoms with Crippen molar-refractivity contribution in [1.82, 2.24) is 9.29 Å². The van der Waals surface area contributed by atoms with Crippen molar-refractivity contribution < 1.29 is 26.3 Å². The molecule has 0 aliphatic carbocycles. The van der Waals surface area contributed by atoms with Gasteiger partial charge in [-0.05, 0) is 67.7 Å². The second kappa shape index (κ2) is 9.78. The third-order valence-corrected chi connectivity index (χ3v) is 8.79. The van der Waals surface area contributed by atoms with E-state index in [1.54, 1.807) is 19.1 Å². The lowest BCUT2D eigenvalue weighted by Gasteiger charge is -2.43. The van der Waals surface area contributed by atoms with Gasteiger partial charge in [-0.3, -0.25) is 0 Å². The van der Waals surface area contributed by atoms with Gasteiger partial charge < -0.3 is 4.74 Å². The van der Waals surface area contributed by atoms with Crippen LogP contribution >= 0.6 is 11.6 Å². The van der Waals surface area contributed by atoms with Crippen LogP contribution in [0.4, 0.5) is 13.2 Å². The van der Waals surface area contributed by atoms with Crippen LogP contribution < -0.4 is 0 Å². The summed E-state index contributed by atoms with van der Waals surface area (Å²) in [7, 11) is -4.10. The first-order valence-electron chi connectivity index (χ1n) is 11.4. The third kappa shape index (κ3) is 4.89. The monoisotopic (exact) mass is 538 g/mol. The molecule has 0 amide bonds. The van der Waals surface area contributed by atoms with E-state index < -0.39 is 38.4 Å². The molecule has 2 aliphatic heterocycles. The van der Waals surface area contributed by atoms with Crippen LogP contribution in [0.5, 0.6) is 0 Å². The van der Waals surface area contributed by atoms with Crippen molar-refractivity contribution in [2.45, 2.75) is 55.6 Å². The highest BCUT2D eigenvalue weighted by Crippen LogP contribution is 2.53.